The first-order chi connectivity index (χ1) is 15.2. The van der Waals surface area contributed by atoms with Crippen molar-refractivity contribution in [2.24, 2.45) is 34.5 Å². The minimum Gasteiger partial charge on any atom is -0.323 e. The van der Waals surface area contributed by atoms with Crippen molar-refractivity contribution in [3.63, 3.8) is 0 Å². The number of benzene rings is 1. The summed E-state index contributed by atoms with van der Waals surface area (Å²) in [7, 11) is 1.95. The summed E-state index contributed by atoms with van der Waals surface area (Å²) in [5.74, 6) is 1.35. The van der Waals surface area contributed by atoms with Crippen LogP contribution < -0.4 is 5.32 Å². The van der Waals surface area contributed by atoms with Gasteiger partial charge in [0.2, 0.25) is 11.8 Å². The average molecular weight is 439 g/mol. The zero-order valence-corrected chi connectivity index (χ0v) is 19.7. The highest BCUT2D eigenvalue weighted by molar-refractivity contribution is 5.93. The fraction of sp³-hybridized carbons (Fsp3) is 0.630. The number of fused-ring (bicyclic) bond motifs is 5. The molecule has 1 aliphatic heterocycles. The monoisotopic (exact) mass is 438 g/mol. The van der Waals surface area contributed by atoms with Crippen molar-refractivity contribution in [2.75, 3.05) is 12.4 Å². The van der Waals surface area contributed by atoms with Crippen LogP contribution in [0.5, 0.6) is 0 Å². The van der Waals surface area contributed by atoms with Crippen molar-refractivity contribution in [1.29, 1.82) is 0 Å². The SMILES string of the molecule is CC1=C2N(C)C(=O)CC[C@]2(C)[C@H]2CC[C@]3(C)[C@@H](C(=O)Nc4ccccc4F)CC[C@H]3[C@@H]2C1. The number of piperidine rings is 1. The molecule has 1 N–H and O–H groups in total. The van der Waals surface area contributed by atoms with E-state index in [1.807, 2.05) is 11.9 Å². The third kappa shape index (κ3) is 2.99. The Morgan fingerprint density at radius 3 is 2.62 bits per heavy atom. The van der Waals surface area contributed by atoms with Crippen LogP contribution in [0, 0.1) is 40.3 Å². The quantitative estimate of drug-likeness (QED) is 0.638. The van der Waals surface area contributed by atoms with Gasteiger partial charge in [0.15, 0.2) is 0 Å². The minimum absolute atomic E-state index is 0.0310. The first-order valence-electron chi connectivity index (χ1n) is 12.2. The number of nitrogens with zero attached hydrogens (tertiary/aromatic N) is 1. The second kappa shape index (κ2) is 7.43. The van der Waals surface area contributed by atoms with E-state index in [1.54, 1.807) is 18.2 Å². The van der Waals surface area contributed by atoms with Crippen molar-refractivity contribution >= 4 is 17.5 Å². The lowest BCUT2D eigenvalue weighted by molar-refractivity contribution is -0.137. The van der Waals surface area contributed by atoms with Crippen LogP contribution in [0.25, 0.3) is 0 Å². The predicted octanol–water partition coefficient (Wildman–Crippen LogP) is 5.76. The number of rotatable bonds is 2. The molecule has 1 aromatic rings. The molecule has 4 nitrogen and oxygen atoms in total. The Labute approximate surface area is 190 Å². The van der Waals surface area contributed by atoms with E-state index in [0.29, 0.717) is 24.2 Å². The van der Waals surface area contributed by atoms with E-state index >= 15 is 0 Å². The van der Waals surface area contributed by atoms with Crippen molar-refractivity contribution in [3.8, 4) is 0 Å². The van der Waals surface area contributed by atoms with Crippen molar-refractivity contribution in [2.45, 2.75) is 65.7 Å². The zero-order chi connectivity index (χ0) is 22.8. The number of amides is 2. The summed E-state index contributed by atoms with van der Waals surface area (Å²) >= 11 is 0. The maximum Gasteiger partial charge on any atom is 0.228 e. The van der Waals surface area contributed by atoms with Gasteiger partial charge in [-0.3, -0.25) is 9.59 Å². The van der Waals surface area contributed by atoms with E-state index in [9.17, 15) is 14.0 Å². The summed E-state index contributed by atoms with van der Waals surface area (Å²) in [5.41, 5.74) is 2.89. The maximum absolute atomic E-state index is 14.1. The van der Waals surface area contributed by atoms with E-state index in [0.717, 1.165) is 38.5 Å². The Bertz CT molecular complexity index is 1000. The molecule has 6 atom stereocenters. The van der Waals surface area contributed by atoms with E-state index < -0.39 is 0 Å². The fourth-order valence-electron chi connectivity index (χ4n) is 8.32. The molecule has 0 unspecified atom stereocenters. The van der Waals surface area contributed by atoms with Crippen LogP contribution >= 0.6 is 0 Å². The molecule has 0 bridgehead atoms. The second-order valence-corrected chi connectivity index (χ2v) is 11.2. The Morgan fingerprint density at radius 2 is 1.88 bits per heavy atom. The minimum atomic E-state index is -0.381. The Balaban J connectivity index is 1.42. The molecule has 2 saturated carbocycles. The Morgan fingerprint density at radius 1 is 1.12 bits per heavy atom. The molecular weight excluding hydrogens is 403 g/mol. The van der Waals surface area contributed by atoms with Crippen LogP contribution in [0.1, 0.15) is 65.7 Å². The number of carbonyl (C=O) groups is 2. The molecule has 3 aliphatic carbocycles. The van der Waals surface area contributed by atoms with Crippen molar-refractivity contribution < 1.29 is 14.0 Å². The van der Waals surface area contributed by atoms with Gasteiger partial charge in [-0.25, -0.2) is 4.39 Å². The second-order valence-electron chi connectivity index (χ2n) is 11.2. The standard InChI is InChI=1S/C27H35FN2O2/c1-16-15-17-18-9-10-20(25(32)29-22-8-6-5-7-21(22)28)26(18,2)13-11-19(17)27(3)14-12-23(31)30(4)24(16)27/h5-8,17-20H,9-15H2,1-4H3,(H,29,32)/t17-,18-,19-,20+,26-,27+/m0/s1. The molecule has 32 heavy (non-hydrogen) atoms. The lowest BCUT2D eigenvalue weighted by atomic mass is 9.48. The highest BCUT2D eigenvalue weighted by Crippen LogP contribution is 2.66. The number of hydrogen-bond acceptors (Lipinski definition) is 2. The average Bonchev–Trinajstić information content (AvgIpc) is 3.10. The van der Waals surface area contributed by atoms with Crippen molar-refractivity contribution in [3.05, 3.63) is 41.4 Å². The van der Waals surface area contributed by atoms with Crippen LogP contribution in [0.15, 0.2) is 35.5 Å². The smallest absolute Gasteiger partial charge is 0.228 e. The molecule has 4 aliphatic rings. The lowest BCUT2D eigenvalue weighted by Gasteiger charge is -2.59. The number of hydrogen-bond donors (Lipinski definition) is 1. The number of allylic oxidation sites excluding steroid dienone is 2. The number of nitrogens with one attached hydrogen (secondary N) is 1. The zero-order valence-electron chi connectivity index (χ0n) is 19.7. The van der Waals surface area contributed by atoms with Gasteiger partial charge >= 0.3 is 0 Å². The number of likely N-dealkylation sites (tertiary alicyclic amines) is 1. The Kier molecular flexibility index (Phi) is 5.03. The summed E-state index contributed by atoms with van der Waals surface area (Å²) in [6.45, 7) is 6.90. The third-order valence-electron chi connectivity index (χ3n) is 9.76. The molecule has 0 radical (unpaired) electrons. The first-order valence-corrected chi connectivity index (χ1v) is 12.2. The summed E-state index contributed by atoms with van der Waals surface area (Å²) in [4.78, 5) is 27.7. The molecule has 5 heteroatoms. The maximum atomic E-state index is 14.1. The lowest BCUT2D eigenvalue weighted by Crippen LogP contribution is -2.54. The van der Waals surface area contributed by atoms with Gasteiger partial charge in [0, 0.05) is 30.5 Å². The third-order valence-corrected chi connectivity index (χ3v) is 9.76. The molecule has 1 heterocycles. The number of halogens is 1. The van der Waals surface area contributed by atoms with Gasteiger partial charge in [0.25, 0.3) is 0 Å². The largest absolute Gasteiger partial charge is 0.323 e. The van der Waals surface area contributed by atoms with Crippen LogP contribution in [-0.2, 0) is 9.59 Å². The van der Waals surface area contributed by atoms with E-state index in [2.05, 4.69) is 26.1 Å². The molecule has 1 aromatic carbocycles. The number of anilines is 1. The fourth-order valence-corrected chi connectivity index (χ4v) is 8.32. The first kappa shape index (κ1) is 21.7. The highest BCUT2D eigenvalue weighted by Gasteiger charge is 2.61. The summed E-state index contributed by atoms with van der Waals surface area (Å²) in [5, 5.41) is 2.89. The van der Waals surface area contributed by atoms with Gasteiger partial charge in [-0.1, -0.05) is 31.6 Å². The predicted molar refractivity (Wildman–Crippen MR) is 123 cm³/mol. The summed E-state index contributed by atoms with van der Waals surface area (Å²) < 4.78 is 14.1. The van der Waals surface area contributed by atoms with Gasteiger partial charge in [0.1, 0.15) is 5.82 Å². The normalized spacial score (nSPS) is 38.8. The van der Waals surface area contributed by atoms with E-state index in [-0.39, 0.29) is 40.1 Å². The van der Waals surface area contributed by atoms with Crippen LogP contribution in [0.3, 0.4) is 0 Å². The summed E-state index contributed by atoms with van der Waals surface area (Å²) in [6, 6.07) is 6.42. The molecule has 3 fully saturated rings. The molecule has 1 saturated heterocycles. The molecule has 2 amide bonds. The van der Waals surface area contributed by atoms with Gasteiger partial charge in [-0.05, 0) is 80.8 Å². The van der Waals surface area contributed by atoms with Crippen LogP contribution in [0.2, 0.25) is 0 Å². The molecule has 172 valence electrons. The van der Waals surface area contributed by atoms with Crippen molar-refractivity contribution in [1.82, 2.24) is 4.90 Å². The number of carbonyl (C=O) groups excluding carboxylic acids is 2. The summed E-state index contributed by atoms with van der Waals surface area (Å²) in [6.07, 6.45) is 6.63. The van der Waals surface area contributed by atoms with E-state index in [4.69, 9.17) is 0 Å². The topological polar surface area (TPSA) is 49.4 Å². The van der Waals surface area contributed by atoms with Crippen LogP contribution in [-0.4, -0.2) is 23.8 Å². The molecule has 5 rings (SSSR count). The van der Waals surface area contributed by atoms with Crippen LogP contribution in [0.4, 0.5) is 10.1 Å². The molecule has 0 aromatic heterocycles. The van der Waals surface area contributed by atoms with Gasteiger partial charge in [-0.2, -0.15) is 0 Å². The van der Waals surface area contributed by atoms with Gasteiger partial charge in [-0.15, -0.1) is 0 Å². The number of para-hydroxylation sites is 1. The van der Waals surface area contributed by atoms with E-state index in [1.165, 1.54) is 17.3 Å². The van der Waals surface area contributed by atoms with Gasteiger partial charge in [0.05, 0.1) is 5.69 Å². The molecular formula is C27H35FN2O2. The highest BCUT2D eigenvalue weighted by atomic mass is 19.1. The Hall–Kier alpha value is -2.17. The molecule has 0 spiro atoms. The van der Waals surface area contributed by atoms with Gasteiger partial charge < -0.3 is 10.2 Å².